The second-order valence-electron chi connectivity index (χ2n) is 8.78. The molecule has 8 heteroatoms. The van der Waals surface area contributed by atoms with E-state index < -0.39 is 34.4 Å². The topological polar surface area (TPSA) is 115 Å². The number of carbonyl (C=O) groups excluding carboxylic acids is 3. The summed E-state index contributed by atoms with van der Waals surface area (Å²) in [6, 6.07) is 0. The summed E-state index contributed by atoms with van der Waals surface area (Å²) in [4.78, 5) is 40.8. The molecule has 0 amide bonds. The molecule has 0 fully saturated rings. The van der Waals surface area contributed by atoms with Crippen molar-refractivity contribution in [3.05, 3.63) is 29.3 Å². The Hall–Kier alpha value is -2.41. The molecule has 2 rings (SSSR count). The highest BCUT2D eigenvalue weighted by atomic mass is 16.7. The summed E-state index contributed by atoms with van der Waals surface area (Å²) in [6.07, 6.45) is 3.98. The molecule has 31 heavy (non-hydrogen) atoms. The highest BCUT2D eigenvalue weighted by Crippen LogP contribution is 2.54. The van der Waals surface area contributed by atoms with Crippen molar-refractivity contribution in [2.45, 2.75) is 59.0 Å². The summed E-state index contributed by atoms with van der Waals surface area (Å²) >= 11 is 0. The van der Waals surface area contributed by atoms with E-state index >= 15 is 0 Å². The van der Waals surface area contributed by atoms with E-state index in [0.29, 0.717) is 6.42 Å². The monoisotopic (exact) mass is 432 g/mol. The lowest BCUT2D eigenvalue weighted by molar-refractivity contribution is -0.146. The Labute approximate surface area is 183 Å². The number of Topliss-reactive ketones (excluding diaryl/α,β-unsaturated/α-hetero) is 2. The van der Waals surface area contributed by atoms with Crippen molar-refractivity contribution in [1.82, 2.24) is 0 Å². The Morgan fingerprint density at radius 3 is 2.58 bits per heavy atom. The molecule has 2 aliphatic carbocycles. The summed E-state index contributed by atoms with van der Waals surface area (Å²) in [5, 5.41) is 0. The van der Waals surface area contributed by atoms with Crippen LogP contribution in [0.4, 0.5) is 0 Å². The van der Waals surface area contributed by atoms with Crippen LogP contribution in [-0.4, -0.2) is 55.2 Å². The van der Waals surface area contributed by atoms with Crippen molar-refractivity contribution in [3.8, 4) is 0 Å². The van der Waals surface area contributed by atoms with Crippen LogP contribution in [0.5, 0.6) is 0 Å². The third-order valence-electron chi connectivity index (χ3n) is 7.06. The van der Waals surface area contributed by atoms with Crippen molar-refractivity contribution < 1.29 is 33.4 Å². The maximum atomic E-state index is 13.2. The fourth-order valence-corrected chi connectivity index (χ4v) is 4.85. The lowest BCUT2D eigenvalue weighted by Gasteiger charge is -2.47. The highest BCUT2D eigenvalue weighted by Gasteiger charge is 2.53. The molecular weight excluding hydrogens is 400 g/mol. The van der Waals surface area contributed by atoms with Gasteiger partial charge in [0.1, 0.15) is 6.79 Å². The van der Waals surface area contributed by atoms with Crippen LogP contribution in [0.3, 0.4) is 0 Å². The minimum absolute atomic E-state index is 0.0247. The van der Waals surface area contributed by atoms with Gasteiger partial charge in [-0.1, -0.05) is 25.5 Å². The van der Waals surface area contributed by atoms with Crippen LogP contribution >= 0.6 is 0 Å². The lowest BCUT2D eigenvalue weighted by Crippen LogP contribution is -2.49. The summed E-state index contributed by atoms with van der Waals surface area (Å²) in [5.74, 6) is -1.54. The van der Waals surface area contributed by atoms with Gasteiger partial charge in [-0.3, -0.25) is 9.59 Å². The largest absolute Gasteiger partial charge is 0.460 e. The highest BCUT2D eigenvalue weighted by molar-refractivity contribution is 6.63. The van der Waals surface area contributed by atoms with Gasteiger partial charge in [-0.25, -0.2) is 4.79 Å². The molecule has 0 aromatic carbocycles. The predicted octanol–water partition coefficient (Wildman–Crippen LogP) is 3.07. The molecule has 0 spiro atoms. The van der Waals surface area contributed by atoms with Crippen molar-refractivity contribution >= 4 is 23.2 Å². The van der Waals surface area contributed by atoms with E-state index in [1.54, 1.807) is 6.92 Å². The number of carbonyl (C=O) groups is 3. The number of hydrogen-bond donors (Lipinski definition) is 0. The molecule has 2 aliphatic rings. The van der Waals surface area contributed by atoms with E-state index in [0.717, 1.165) is 37.5 Å². The van der Waals surface area contributed by atoms with Crippen LogP contribution in [0.1, 0.15) is 52.9 Å². The molecular formula is C23H32N2O6. The average Bonchev–Trinajstić information content (AvgIpc) is 3.15. The molecule has 170 valence electrons. The minimum Gasteiger partial charge on any atom is -0.460 e. The molecule has 4 atom stereocenters. The molecule has 0 N–H and O–H groups in total. The fourth-order valence-electron chi connectivity index (χ4n) is 4.85. The van der Waals surface area contributed by atoms with Crippen LogP contribution in [0, 0.1) is 16.7 Å². The first-order valence-corrected chi connectivity index (χ1v) is 10.5. The van der Waals surface area contributed by atoms with Crippen LogP contribution in [0.15, 0.2) is 23.8 Å². The van der Waals surface area contributed by atoms with Crippen molar-refractivity contribution in [3.63, 3.8) is 0 Å². The summed E-state index contributed by atoms with van der Waals surface area (Å²) in [6.45, 7) is 9.45. The number of methoxy groups -OCH3 is 2. The Morgan fingerprint density at radius 2 is 2.03 bits per heavy atom. The van der Waals surface area contributed by atoms with Gasteiger partial charge >= 0.3 is 11.7 Å². The zero-order chi connectivity index (χ0) is 23.4. The SMILES string of the molecule is C=C[C@](C)(C[C@@H](OCOC)C1(C)C2=C(CCC2=O)CCC1C)C(=O)C(=[N+]=[N-])C(=O)OC. The van der Waals surface area contributed by atoms with E-state index in [1.165, 1.54) is 13.2 Å². The zero-order valence-corrected chi connectivity index (χ0v) is 19.0. The first kappa shape index (κ1) is 24.9. The first-order valence-electron chi connectivity index (χ1n) is 10.5. The number of ketones is 2. The summed E-state index contributed by atoms with van der Waals surface area (Å²) in [7, 11) is 2.60. The molecule has 0 aromatic rings. The molecule has 8 nitrogen and oxygen atoms in total. The molecule has 0 heterocycles. The molecule has 0 aliphatic heterocycles. The number of ether oxygens (including phenoxy) is 3. The molecule has 0 bridgehead atoms. The minimum atomic E-state index is -1.31. The number of hydrogen-bond acceptors (Lipinski definition) is 6. The van der Waals surface area contributed by atoms with Gasteiger partial charge in [0.15, 0.2) is 5.78 Å². The molecule has 2 unspecified atom stereocenters. The molecule has 0 aromatic heterocycles. The number of rotatable bonds is 10. The maximum Gasteiger partial charge on any atom is 0.442 e. The number of allylic oxidation sites excluding steroid dienone is 2. The van der Waals surface area contributed by atoms with Crippen LogP contribution in [-0.2, 0) is 28.6 Å². The van der Waals surface area contributed by atoms with Gasteiger partial charge in [-0.15, -0.1) is 6.58 Å². The average molecular weight is 433 g/mol. The zero-order valence-electron chi connectivity index (χ0n) is 19.0. The predicted molar refractivity (Wildman–Crippen MR) is 113 cm³/mol. The lowest BCUT2D eigenvalue weighted by atomic mass is 9.59. The smallest absolute Gasteiger partial charge is 0.442 e. The van der Waals surface area contributed by atoms with E-state index in [9.17, 15) is 19.9 Å². The van der Waals surface area contributed by atoms with Crippen LogP contribution in [0.2, 0.25) is 0 Å². The Balaban J connectivity index is 2.52. The normalized spacial score (nSPS) is 25.8. The summed E-state index contributed by atoms with van der Waals surface area (Å²) < 4.78 is 15.8. The number of nitrogens with zero attached hydrogens (tertiary/aromatic N) is 2. The van der Waals surface area contributed by atoms with Gasteiger partial charge in [0.2, 0.25) is 0 Å². The second kappa shape index (κ2) is 9.81. The third kappa shape index (κ3) is 4.47. The molecule has 0 radical (unpaired) electrons. The Morgan fingerprint density at radius 1 is 1.35 bits per heavy atom. The van der Waals surface area contributed by atoms with Gasteiger partial charge < -0.3 is 19.7 Å². The Kier molecular flexibility index (Phi) is 7.87. The number of esters is 1. The summed E-state index contributed by atoms with van der Waals surface area (Å²) in [5.41, 5.74) is 8.55. The van der Waals surface area contributed by atoms with E-state index in [2.05, 4.69) is 23.0 Å². The van der Waals surface area contributed by atoms with Gasteiger partial charge in [-0.05, 0) is 38.5 Å². The Bertz CT molecular complexity index is 856. The van der Waals surface area contributed by atoms with Crippen molar-refractivity contribution in [2.24, 2.45) is 16.7 Å². The van der Waals surface area contributed by atoms with Crippen LogP contribution in [0.25, 0.3) is 5.53 Å². The molecule has 0 saturated carbocycles. The maximum absolute atomic E-state index is 13.2. The van der Waals surface area contributed by atoms with Crippen LogP contribution < -0.4 is 0 Å². The van der Waals surface area contributed by atoms with Gasteiger partial charge in [-0.2, -0.15) is 4.79 Å². The van der Waals surface area contributed by atoms with Gasteiger partial charge in [0, 0.05) is 24.5 Å². The van der Waals surface area contributed by atoms with Gasteiger partial charge in [0.25, 0.3) is 5.78 Å². The first-order chi connectivity index (χ1) is 14.6. The second-order valence-corrected chi connectivity index (χ2v) is 8.78. The fraction of sp³-hybridized carbons (Fsp3) is 0.652. The van der Waals surface area contributed by atoms with Crippen molar-refractivity contribution in [2.75, 3.05) is 21.0 Å². The van der Waals surface area contributed by atoms with Crippen molar-refractivity contribution in [1.29, 1.82) is 0 Å². The third-order valence-corrected chi connectivity index (χ3v) is 7.06. The van der Waals surface area contributed by atoms with E-state index in [-0.39, 0.29) is 24.9 Å². The van der Waals surface area contributed by atoms with E-state index in [4.69, 9.17) is 9.47 Å². The quantitative estimate of drug-likeness (QED) is 0.0996. The molecule has 0 saturated heterocycles. The van der Waals surface area contributed by atoms with Gasteiger partial charge in [0.05, 0.1) is 18.6 Å². The standard InChI is InChI=1S/C23H32N2O6/c1-7-22(3,20(27)19(25-24)21(28)30-6)12-17(31-13-29-5)23(4)14(2)8-9-15-10-11-16(26)18(15)23/h7,14,17H,1,8-13H2,2-6H3/t14?,17-,22-,23?/m1/s1. The van der Waals surface area contributed by atoms with E-state index in [1.807, 2.05) is 6.92 Å².